The minimum absolute atomic E-state index is 0.727. The van der Waals surface area contributed by atoms with Crippen LogP contribution >= 0.6 is 0 Å². The van der Waals surface area contributed by atoms with E-state index in [1.807, 2.05) is 0 Å². The first kappa shape index (κ1) is 6.62. The van der Waals surface area contributed by atoms with Gasteiger partial charge in [-0.15, -0.1) is 0 Å². The lowest BCUT2D eigenvalue weighted by molar-refractivity contribution is -0.0550. The van der Waals surface area contributed by atoms with Crippen LogP contribution in [-0.4, -0.2) is 23.6 Å². The number of rotatable bonds is 1. The fraction of sp³-hybridized carbons (Fsp3) is 1.00. The number of hydrazine groups is 1. The van der Waals surface area contributed by atoms with Crippen LogP contribution in [0.25, 0.3) is 0 Å². The number of hydrogen-bond acceptors (Lipinski definition) is 2. The molecule has 3 aliphatic rings. The predicted molar refractivity (Wildman–Crippen MR) is 41.5 cm³/mol. The van der Waals surface area contributed by atoms with E-state index >= 15 is 0 Å². The Balaban J connectivity index is 1.99. The zero-order valence-corrected chi connectivity index (χ0v) is 6.80. The van der Waals surface area contributed by atoms with Gasteiger partial charge in [-0.3, -0.25) is 5.43 Å². The van der Waals surface area contributed by atoms with Crippen LogP contribution in [0.1, 0.15) is 26.7 Å². The van der Waals surface area contributed by atoms with E-state index in [0.29, 0.717) is 0 Å². The van der Waals surface area contributed by atoms with Crippen molar-refractivity contribution >= 4 is 0 Å². The Kier molecular flexibility index (Phi) is 1.46. The third kappa shape index (κ3) is 0.789. The normalized spacial score (nSPS) is 46.8. The summed E-state index contributed by atoms with van der Waals surface area (Å²) in [5.41, 5.74) is 3.50. The van der Waals surface area contributed by atoms with E-state index < -0.39 is 0 Å². The van der Waals surface area contributed by atoms with Gasteiger partial charge in [-0.05, 0) is 25.7 Å². The van der Waals surface area contributed by atoms with Crippen LogP contribution in [-0.2, 0) is 0 Å². The van der Waals surface area contributed by atoms with Gasteiger partial charge in [0, 0.05) is 18.6 Å². The van der Waals surface area contributed by atoms with Gasteiger partial charge in [-0.2, -0.15) is 0 Å². The molecule has 58 valence electrons. The molecule has 2 bridgehead atoms. The highest BCUT2D eigenvalue weighted by molar-refractivity contribution is 4.95. The summed E-state index contributed by atoms with van der Waals surface area (Å²) in [5, 5.41) is 2.39. The lowest BCUT2D eigenvalue weighted by Crippen LogP contribution is -2.64. The molecule has 0 aromatic carbocycles. The van der Waals surface area contributed by atoms with Crippen molar-refractivity contribution in [2.24, 2.45) is 5.92 Å². The third-order valence-electron chi connectivity index (χ3n) is 3.01. The molecule has 0 aromatic heterocycles. The zero-order valence-electron chi connectivity index (χ0n) is 6.80. The minimum atomic E-state index is 0.727. The zero-order chi connectivity index (χ0) is 7.14. The molecule has 2 aliphatic heterocycles. The molecule has 1 unspecified atom stereocenters. The average Bonchev–Trinajstić information content (AvgIpc) is 1.84. The van der Waals surface area contributed by atoms with E-state index in [2.05, 4.69) is 24.3 Å². The van der Waals surface area contributed by atoms with Gasteiger partial charge in [0.05, 0.1) is 0 Å². The summed E-state index contributed by atoms with van der Waals surface area (Å²) in [6.45, 7) is 5.67. The molecule has 10 heavy (non-hydrogen) atoms. The third-order valence-corrected chi connectivity index (χ3v) is 3.01. The summed E-state index contributed by atoms with van der Waals surface area (Å²) >= 11 is 0. The Hall–Kier alpha value is -0.0800. The van der Waals surface area contributed by atoms with Crippen LogP contribution in [0.3, 0.4) is 0 Å². The molecule has 0 aromatic rings. The maximum absolute atomic E-state index is 3.50. The molecule has 1 N–H and O–H groups in total. The van der Waals surface area contributed by atoms with E-state index in [9.17, 15) is 0 Å². The lowest BCUT2D eigenvalue weighted by Gasteiger charge is -2.52. The second-order valence-corrected chi connectivity index (χ2v) is 3.59. The first-order chi connectivity index (χ1) is 4.81. The van der Waals surface area contributed by atoms with Gasteiger partial charge in [0.1, 0.15) is 0 Å². The van der Waals surface area contributed by atoms with Crippen LogP contribution in [0.4, 0.5) is 0 Å². The highest BCUT2D eigenvalue weighted by Crippen LogP contribution is 2.37. The smallest absolute Gasteiger partial charge is 0.0250 e. The maximum Gasteiger partial charge on any atom is 0.0250 e. The lowest BCUT2D eigenvalue weighted by atomic mass is 9.74. The number of nitrogens with one attached hydrogen (secondary N) is 1. The topological polar surface area (TPSA) is 15.3 Å². The standard InChI is InChI=1S/C8H16N2/c1-3-10-8-4-7(5-8)6(2)9-10/h6-9H,3-5H2,1-2H3. The van der Waals surface area contributed by atoms with Crippen molar-refractivity contribution < 1.29 is 0 Å². The Morgan fingerprint density at radius 3 is 2.60 bits per heavy atom. The van der Waals surface area contributed by atoms with Crippen molar-refractivity contribution in [1.29, 1.82) is 0 Å². The Bertz CT molecular complexity index is 129. The van der Waals surface area contributed by atoms with Gasteiger partial charge >= 0.3 is 0 Å². The fourth-order valence-electron chi connectivity index (χ4n) is 2.11. The van der Waals surface area contributed by atoms with Crippen LogP contribution < -0.4 is 5.43 Å². The molecular formula is C8H16N2. The summed E-state index contributed by atoms with van der Waals surface area (Å²) in [6, 6.07) is 1.59. The molecule has 0 amide bonds. The van der Waals surface area contributed by atoms with Gasteiger partial charge in [-0.1, -0.05) is 6.92 Å². The summed E-state index contributed by atoms with van der Waals surface area (Å²) in [7, 11) is 0. The highest BCUT2D eigenvalue weighted by Gasteiger charge is 2.41. The molecule has 0 radical (unpaired) electrons. The summed E-state index contributed by atoms with van der Waals surface area (Å²) in [5.74, 6) is 0.979. The van der Waals surface area contributed by atoms with Gasteiger partial charge in [0.15, 0.2) is 0 Å². The molecule has 2 heterocycles. The summed E-state index contributed by atoms with van der Waals surface area (Å²) in [6.07, 6.45) is 2.87. The molecule has 1 saturated carbocycles. The molecule has 1 aliphatic carbocycles. The van der Waals surface area contributed by atoms with E-state index in [-0.39, 0.29) is 0 Å². The van der Waals surface area contributed by atoms with Crippen molar-refractivity contribution in [3.8, 4) is 0 Å². The van der Waals surface area contributed by atoms with Crippen molar-refractivity contribution in [1.82, 2.24) is 10.4 Å². The molecule has 2 heteroatoms. The Morgan fingerprint density at radius 1 is 1.50 bits per heavy atom. The molecular weight excluding hydrogens is 124 g/mol. The molecule has 2 saturated heterocycles. The Morgan fingerprint density at radius 2 is 2.20 bits per heavy atom. The molecule has 2 nitrogen and oxygen atoms in total. The van der Waals surface area contributed by atoms with E-state index in [1.54, 1.807) is 0 Å². The van der Waals surface area contributed by atoms with Crippen molar-refractivity contribution in [3.05, 3.63) is 0 Å². The number of nitrogens with zero attached hydrogens (tertiary/aromatic N) is 1. The molecule has 0 spiro atoms. The molecule has 3 rings (SSSR count). The van der Waals surface area contributed by atoms with Crippen molar-refractivity contribution in [2.45, 2.75) is 38.8 Å². The van der Waals surface area contributed by atoms with Gasteiger partial charge in [0.25, 0.3) is 0 Å². The first-order valence-electron chi connectivity index (χ1n) is 4.34. The average molecular weight is 140 g/mol. The second-order valence-electron chi connectivity index (χ2n) is 3.59. The van der Waals surface area contributed by atoms with Crippen LogP contribution in [0, 0.1) is 5.92 Å². The Labute approximate surface area is 62.6 Å². The SMILES string of the molecule is CCN1NC(C)C2CC1C2. The molecule has 3 fully saturated rings. The van der Waals surface area contributed by atoms with E-state index in [0.717, 1.165) is 24.5 Å². The maximum atomic E-state index is 3.50. The quantitative estimate of drug-likeness (QED) is 0.584. The van der Waals surface area contributed by atoms with Crippen molar-refractivity contribution in [2.75, 3.05) is 6.54 Å². The predicted octanol–water partition coefficient (Wildman–Crippen LogP) is 0.994. The largest absolute Gasteiger partial charge is 0.252 e. The second kappa shape index (κ2) is 2.21. The first-order valence-corrected chi connectivity index (χ1v) is 4.34. The van der Waals surface area contributed by atoms with E-state index in [4.69, 9.17) is 0 Å². The van der Waals surface area contributed by atoms with Gasteiger partial charge < -0.3 is 0 Å². The number of hydrogen-bond donors (Lipinski definition) is 1. The summed E-state index contributed by atoms with van der Waals surface area (Å²) in [4.78, 5) is 0. The monoisotopic (exact) mass is 140 g/mol. The van der Waals surface area contributed by atoms with Crippen LogP contribution in [0.15, 0.2) is 0 Å². The number of fused-ring (bicyclic) bond motifs is 2. The van der Waals surface area contributed by atoms with Crippen molar-refractivity contribution in [3.63, 3.8) is 0 Å². The highest BCUT2D eigenvalue weighted by atomic mass is 15.5. The summed E-state index contributed by atoms with van der Waals surface area (Å²) < 4.78 is 0. The van der Waals surface area contributed by atoms with Crippen LogP contribution in [0.5, 0.6) is 0 Å². The van der Waals surface area contributed by atoms with Crippen LogP contribution in [0.2, 0.25) is 0 Å². The fourth-order valence-corrected chi connectivity index (χ4v) is 2.11. The van der Waals surface area contributed by atoms with E-state index in [1.165, 1.54) is 12.8 Å². The van der Waals surface area contributed by atoms with Gasteiger partial charge in [0.2, 0.25) is 0 Å². The minimum Gasteiger partial charge on any atom is -0.252 e. The molecule has 1 atom stereocenters. The van der Waals surface area contributed by atoms with Gasteiger partial charge in [-0.25, -0.2) is 5.01 Å².